The second-order valence-electron chi connectivity index (χ2n) is 12.7. The van der Waals surface area contributed by atoms with Gasteiger partial charge in [0.05, 0.1) is 5.52 Å². The summed E-state index contributed by atoms with van der Waals surface area (Å²) in [5, 5.41) is 3.35. The molecule has 47 heavy (non-hydrogen) atoms. The van der Waals surface area contributed by atoms with Crippen LogP contribution in [0.15, 0.2) is 146 Å². The monoisotopic (exact) mass is 602 g/mol. The minimum absolute atomic E-state index is 0.203. The van der Waals surface area contributed by atoms with Crippen LogP contribution in [0.3, 0.4) is 0 Å². The number of nitrogens with zero attached hydrogens (tertiary/aromatic N) is 4. The van der Waals surface area contributed by atoms with E-state index in [2.05, 4.69) is 134 Å². The van der Waals surface area contributed by atoms with Crippen molar-refractivity contribution in [2.45, 2.75) is 19.3 Å². The number of pyridine rings is 1. The fraction of sp³-hybridized carbons (Fsp3) is 0.0698. The van der Waals surface area contributed by atoms with Gasteiger partial charge in [0, 0.05) is 33.7 Å². The van der Waals surface area contributed by atoms with Crippen LogP contribution in [0.5, 0.6) is 0 Å². The van der Waals surface area contributed by atoms with E-state index < -0.39 is 0 Å². The van der Waals surface area contributed by atoms with Crippen molar-refractivity contribution in [3.8, 4) is 56.4 Å². The first-order valence-corrected chi connectivity index (χ1v) is 16.0. The Kier molecular flexibility index (Phi) is 6.12. The van der Waals surface area contributed by atoms with Crippen LogP contribution in [0.2, 0.25) is 0 Å². The van der Waals surface area contributed by atoms with Crippen molar-refractivity contribution in [1.82, 2.24) is 19.9 Å². The minimum Gasteiger partial charge on any atom is -0.256 e. The maximum atomic E-state index is 5.27. The second kappa shape index (κ2) is 10.5. The summed E-state index contributed by atoms with van der Waals surface area (Å²) in [5.41, 5.74) is 11.1. The van der Waals surface area contributed by atoms with Crippen molar-refractivity contribution in [3.05, 3.63) is 157 Å². The van der Waals surface area contributed by atoms with Gasteiger partial charge in [-0.05, 0) is 62.4 Å². The number of hydrogen-bond donors (Lipinski definition) is 0. The van der Waals surface area contributed by atoms with Gasteiger partial charge in [-0.3, -0.25) is 4.98 Å². The first kappa shape index (κ1) is 27.3. The Labute approximate surface area is 273 Å². The van der Waals surface area contributed by atoms with Crippen molar-refractivity contribution in [3.63, 3.8) is 0 Å². The molecule has 9 rings (SSSR count). The van der Waals surface area contributed by atoms with Crippen LogP contribution in [0.1, 0.15) is 25.0 Å². The summed E-state index contributed by atoms with van der Waals surface area (Å²) in [6.45, 7) is 4.60. The van der Waals surface area contributed by atoms with Crippen LogP contribution in [0.4, 0.5) is 0 Å². The number of benzene rings is 6. The predicted octanol–water partition coefficient (Wildman–Crippen LogP) is 10.5. The molecule has 0 spiro atoms. The van der Waals surface area contributed by atoms with Crippen LogP contribution in [0, 0.1) is 0 Å². The predicted molar refractivity (Wildman–Crippen MR) is 192 cm³/mol. The van der Waals surface area contributed by atoms with Crippen molar-refractivity contribution in [2.75, 3.05) is 0 Å². The van der Waals surface area contributed by atoms with Gasteiger partial charge in [-0.25, -0.2) is 15.0 Å². The summed E-state index contributed by atoms with van der Waals surface area (Å²) in [4.78, 5) is 20.1. The quantitative estimate of drug-likeness (QED) is 0.201. The lowest BCUT2D eigenvalue weighted by atomic mass is 9.80. The van der Waals surface area contributed by atoms with Crippen molar-refractivity contribution in [1.29, 1.82) is 0 Å². The zero-order valence-corrected chi connectivity index (χ0v) is 26.1. The maximum absolute atomic E-state index is 5.27. The molecule has 0 unspecified atom stereocenters. The van der Waals surface area contributed by atoms with Crippen molar-refractivity contribution >= 4 is 21.7 Å². The molecule has 0 amide bonds. The smallest absolute Gasteiger partial charge is 0.164 e. The Hall–Kier alpha value is -6.00. The standard InChI is InChI=1S/C43H30N4/c1-43(2)37-19-7-6-15-32(37)33-16-9-18-35(39(33)43)42-46-40(29-11-4-3-5-12-29)45-41(47-42)34-17-8-13-27-20-22-30(25-36(27)34)31-23-21-28-14-10-24-44-38(28)26-31/h3-26H,1-2H3. The summed E-state index contributed by atoms with van der Waals surface area (Å²) >= 11 is 0. The summed E-state index contributed by atoms with van der Waals surface area (Å²) in [5.74, 6) is 1.99. The minimum atomic E-state index is -0.203. The average molecular weight is 603 g/mol. The first-order valence-electron chi connectivity index (χ1n) is 16.0. The highest BCUT2D eigenvalue weighted by molar-refractivity contribution is 5.99. The largest absolute Gasteiger partial charge is 0.256 e. The molecule has 6 aromatic carbocycles. The van der Waals surface area contributed by atoms with E-state index in [9.17, 15) is 0 Å². The van der Waals surface area contributed by atoms with Crippen molar-refractivity contribution in [2.24, 2.45) is 0 Å². The number of aromatic nitrogens is 4. The van der Waals surface area contributed by atoms with Crippen LogP contribution in [-0.2, 0) is 5.41 Å². The third kappa shape index (κ3) is 4.44. The van der Waals surface area contributed by atoms with Gasteiger partial charge < -0.3 is 0 Å². The second-order valence-corrected chi connectivity index (χ2v) is 12.7. The zero-order chi connectivity index (χ0) is 31.5. The topological polar surface area (TPSA) is 51.6 Å². The lowest BCUT2D eigenvalue weighted by Gasteiger charge is -2.24. The molecule has 0 fully saturated rings. The van der Waals surface area contributed by atoms with E-state index in [-0.39, 0.29) is 5.41 Å². The van der Waals surface area contributed by atoms with E-state index in [1.807, 2.05) is 30.5 Å². The molecule has 0 saturated heterocycles. The molecule has 0 radical (unpaired) electrons. The lowest BCUT2D eigenvalue weighted by Crippen LogP contribution is -2.17. The van der Waals surface area contributed by atoms with Gasteiger partial charge in [-0.15, -0.1) is 0 Å². The summed E-state index contributed by atoms with van der Waals surface area (Å²) in [7, 11) is 0. The van der Waals surface area contributed by atoms with Crippen molar-refractivity contribution < 1.29 is 0 Å². The van der Waals surface area contributed by atoms with Crippen LogP contribution < -0.4 is 0 Å². The molecule has 1 aliphatic rings. The van der Waals surface area contributed by atoms with Gasteiger partial charge in [0.1, 0.15) is 0 Å². The Bertz CT molecular complexity index is 2500. The SMILES string of the molecule is CC1(C)c2ccccc2-c2cccc(-c3nc(-c4ccccc4)nc(-c4cccc5ccc(-c6ccc7cccnc7c6)cc45)n3)c21. The summed E-state index contributed by atoms with van der Waals surface area (Å²) in [6.07, 6.45) is 1.84. The van der Waals surface area contributed by atoms with Gasteiger partial charge in [-0.2, -0.15) is 0 Å². The summed E-state index contributed by atoms with van der Waals surface area (Å²) in [6, 6.07) is 48.9. The highest BCUT2D eigenvalue weighted by Crippen LogP contribution is 2.51. The number of rotatable bonds is 4. The van der Waals surface area contributed by atoms with E-state index in [0.717, 1.165) is 49.5 Å². The average Bonchev–Trinajstić information content (AvgIpc) is 3.37. The molecular formula is C43H30N4. The van der Waals surface area contributed by atoms with Gasteiger partial charge in [-0.1, -0.05) is 135 Å². The van der Waals surface area contributed by atoms with E-state index in [1.165, 1.54) is 22.3 Å². The van der Waals surface area contributed by atoms with E-state index in [4.69, 9.17) is 15.0 Å². The zero-order valence-electron chi connectivity index (χ0n) is 26.1. The van der Waals surface area contributed by atoms with Gasteiger partial charge >= 0.3 is 0 Å². The third-order valence-corrected chi connectivity index (χ3v) is 9.55. The van der Waals surface area contributed by atoms with Crippen LogP contribution in [-0.4, -0.2) is 19.9 Å². The third-order valence-electron chi connectivity index (χ3n) is 9.55. The number of hydrogen-bond acceptors (Lipinski definition) is 4. The molecule has 8 aromatic rings. The van der Waals surface area contributed by atoms with E-state index in [1.54, 1.807) is 0 Å². The molecule has 0 bridgehead atoms. The highest BCUT2D eigenvalue weighted by atomic mass is 15.0. The van der Waals surface area contributed by atoms with Crippen LogP contribution >= 0.6 is 0 Å². The fourth-order valence-corrected chi connectivity index (χ4v) is 7.26. The normalized spacial score (nSPS) is 13.1. The lowest BCUT2D eigenvalue weighted by molar-refractivity contribution is 0.661. The van der Waals surface area contributed by atoms with E-state index >= 15 is 0 Å². The Morgan fingerprint density at radius 2 is 1.09 bits per heavy atom. The fourth-order valence-electron chi connectivity index (χ4n) is 7.26. The molecule has 0 N–H and O–H groups in total. The van der Waals surface area contributed by atoms with Crippen LogP contribution in [0.25, 0.3) is 78.1 Å². The van der Waals surface area contributed by atoms with E-state index in [0.29, 0.717) is 17.5 Å². The first-order chi connectivity index (χ1) is 23.0. The van der Waals surface area contributed by atoms with Gasteiger partial charge in [0.25, 0.3) is 0 Å². The molecule has 1 aliphatic carbocycles. The molecule has 0 saturated carbocycles. The maximum Gasteiger partial charge on any atom is 0.164 e. The highest BCUT2D eigenvalue weighted by Gasteiger charge is 2.38. The molecule has 4 nitrogen and oxygen atoms in total. The Morgan fingerprint density at radius 1 is 0.447 bits per heavy atom. The van der Waals surface area contributed by atoms with Gasteiger partial charge in [0.2, 0.25) is 0 Å². The molecular weight excluding hydrogens is 573 g/mol. The molecule has 4 heteroatoms. The molecule has 2 heterocycles. The Morgan fingerprint density at radius 3 is 1.96 bits per heavy atom. The molecule has 0 atom stereocenters. The molecule has 0 aliphatic heterocycles. The summed E-state index contributed by atoms with van der Waals surface area (Å²) < 4.78 is 0. The Balaban J connectivity index is 1.26. The van der Waals surface area contributed by atoms with Gasteiger partial charge in [0.15, 0.2) is 17.5 Å². The number of fused-ring (bicyclic) bond motifs is 5. The molecule has 2 aromatic heterocycles. The molecule has 222 valence electrons.